The van der Waals surface area contributed by atoms with E-state index >= 15 is 0 Å². The molecule has 2 rings (SSSR count). The quantitative estimate of drug-likeness (QED) is 0.738. The lowest BCUT2D eigenvalue weighted by Gasteiger charge is -2.05. The van der Waals surface area contributed by atoms with Crippen molar-refractivity contribution < 1.29 is 4.79 Å². The summed E-state index contributed by atoms with van der Waals surface area (Å²) >= 11 is 1.68. The van der Waals surface area contributed by atoms with Crippen LogP contribution in [0, 0.1) is 6.92 Å². The summed E-state index contributed by atoms with van der Waals surface area (Å²) in [6.07, 6.45) is 2.31. The van der Waals surface area contributed by atoms with Crippen molar-refractivity contribution in [3.8, 4) is 0 Å². The van der Waals surface area contributed by atoms with Gasteiger partial charge in [-0.2, -0.15) is 0 Å². The molecule has 0 saturated heterocycles. The van der Waals surface area contributed by atoms with Crippen LogP contribution in [0.25, 0.3) is 5.57 Å². The van der Waals surface area contributed by atoms with E-state index in [9.17, 15) is 4.79 Å². The van der Waals surface area contributed by atoms with Crippen LogP contribution >= 0.6 is 11.3 Å². The molecule has 0 fully saturated rings. The Morgan fingerprint density at radius 3 is 2.56 bits per heavy atom. The third kappa shape index (κ3) is 2.96. The summed E-state index contributed by atoms with van der Waals surface area (Å²) in [5.41, 5.74) is 3.36. The number of hydrogen-bond donors (Lipinski definition) is 0. The van der Waals surface area contributed by atoms with Crippen LogP contribution in [0.5, 0.6) is 0 Å². The average Bonchev–Trinajstić information content (AvgIpc) is 2.83. The van der Waals surface area contributed by atoms with Gasteiger partial charge in [-0.05, 0) is 35.6 Å². The molecule has 0 unspecified atom stereocenters. The lowest BCUT2D eigenvalue weighted by Crippen LogP contribution is -1.93. The zero-order valence-electron chi connectivity index (χ0n) is 10.6. The first-order valence-electron chi connectivity index (χ1n) is 6.06. The summed E-state index contributed by atoms with van der Waals surface area (Å²) < 4.78 is 0. The SMILES string of the molecule is CCC(=O)C=C(c1ccccc1)c1cc(C)cs1. The highest BCUT2D eigenvalue weighted by atomic mass is 32.1. The molecular weight excluding hydrogens is 240 g/mol. The molecule has 2 heteroatoms. The fourth-order valence-electron chi connectivity index (χ4n) is 1.75. The first-order chi connectivity index (χ1) is 8.70. The Hall–Kier alpha value is -1.67. The number of carbonyl (C=O) groups is 1. The lowest BCUT2D eigenvalue weighted by molar-refractivity contribution is -0.114. The van der Waals surface area contributed by atoms with Gasteiger partial charge in [0.15, 0.2) is 5.78 Å². The third-order valence-corrected chi connectivity index (χ3v) is 3.82. The van der Waals surface area contributed by atoms with E-state index in [1.807, 2.05) is 37.3 Å². The fraction of sp³-hybridized carbons (Fsp3) is 0.188. The maximum Gasteiger partial charge on any atom is 0.156 e. The van der Waals surface area contributed by atoms with Gasteiger partial charge in [-0.25, -0.2) is 0 Å². The first-order valence-corrected chi connectivity index (χ1v) is 6.94. The van der Waals surface area contributed by atoms with Crippen molar-refractivity contribution in [1.29, 1.82) is 0 Å². The predicted octanol–water partition coefficient (Wildman–Crippen LogP) is 4.47. The van der Waals surface area contributed by atoms with Crippen LogP contribution in [0.1, 0.15) is 29.3 Å². The van der Waals surface area contributed by atoms with Gasteiger partial charge < -0.3 is 0 Å². The molecule has 0 saturated carbocycles. The van der Waals surface area contributed by atoms with Crippen molar-refractivity contribution in [2.24, 2.45) is 0 Å². The van der Waals surface area contributed by atoms with Crippen LogP contribution < -0.4 is 0 Å². The van der Waals surface area contributed by atoms with Crippen LogP contribution in [0.3, 0.4) is 0 Å². The van der Waals surface area contributed by atoms with Crippen LogP contribution in [0.4, 0.5) is 0 Å². The first kappa shape index (κ1) is 12.8. The number of aryl methyl sites for hydroxylation is 1. The van der Waals surface area contributed by atoms with Gasteiger partial charge in [-0.15, -0.1) is 11.3 Å². The summed E-state index contributed by atoms with van der Waals surface area (Å²) in [5, 5.41) is 2.11. The van der Waals surface area contributed by atoms with Crippen molar-refractivity contribution in [2.45, 2.75) is 20.3 Å². The molecule has 0 aliphatic rings. The van der Waals surface area contributed by atoms with Crippen molar-refractivity contribution >= 4 is 22.7 Å². The van der Waals surface area contributed by atoms with Crippen molar-refractivity contribution in [2.75, 3.05) is 0 Å². The number of carbonyl (C=O) groups excluding carboxylic acids is 1. The number of hydrogen-bond acceptors (Lipinski definition) is 2. The molecule has 2 aromatic rings. The molecule has 1 nitrogen and oxygen atoms in total. The van der Waals surface area contributed by atoms with Crippen LogP contribution in [-0.2, 0) is 4.79 Å². The minimum Gasteiger partial charge on any atom is -0.295 e. The Bertz CT molecular complexity index is 564. The highest BCUT2D eigenvalue weighted by Crippen LogP contribution is 2.28. The van der Waals surface area contributed by atoms with Gasteiger partial charge >= 0.3 is 0 Å². The average molecular weight is 256 g/mol. The van der Waals surface area contributed by atoms with E-state index in [1.54, 1.807) is 17.4 Å². The highest BCUT2D eigenvalue weighted by Gasteiger charge is 2.08. The van der Waals surface area contributed by atoms with Crippen LogP contribution in [0.2, 0.25) is 0 Å². The van der Waals surface area contributed by atoms with Gasteiger partial charge in [0, 0.05) is 16.9 Å². The molecule has 1 aromatic heterocycles. The summed E-state index contributed by atoms with van der Waals surface area (Å²) in [6, 6.07) is 12.2. The second kappa shape index (κ2) is 5.78. The molecule has 0 amide bonds. The minimum atomic E-state index is 0.167. The molecule has 0 bridgehead atoms. The molecule has 0 aliphatic heterocycles. The Kier molecular flexibility index (Phi) is 4.11. The van der Waals surface area contributed by atoms with Gasteiger partial charge in [0.05, 0.1) is 0 Å². The summed E-state index contributed by atoms with van der Waals surface area (Å²) in [4.78, 5) is 12.9. The van der Waals surface area contributed by atoms with E-state index in [-0.39, 0.29) is 5.78 Å². The Morgan fingerprint density at radius 2 is 2.00 bits per heavy atom. The standard InChI is InChI=1S/C16H16OS/c1-3-14(17)10-15(13-7-5-4-6-8-13)16-9-12(2)11-18-16/h4-11H,3H2,1-2H3. The Labute approximate surface area is 112 Å². The van der Waals surface area contributed by atoms with Gasteiger partial charge in [-0.1, -0.05) is 37.3 Å². The van der Waals surface area contributed by atoms with Crippen molar-refractivity contribution in [3.63, 3.8) is 0 Å². The minimum absolute atomic E-state index is 0.167. The van der Waals surface area contributed by atoms with Crippen molar-refractivity contribution in [3.05, 3.63) is 63.9 Å². The fourth-order valence-corrected chi connectivity index (χ4v) is 2.69. The normalized spacial score (nSPS) is 11.6. The second-order valence-corrected chi connectivity index (χ2v) is 5.14. The number of ketones is 1. The van der Waals surface area contributed by atoms with E-state index in [4.69, 9.17) is 0 Å². The van der Waals surface area contributed by atoms with Gasteiger partial charge in [0.25, 0.3) is 0 Å². The largest absolute Gasteiger partial charge is 0.295 e. The van der Waals surface area contributed by atoms with Crippen LogP contribution in [-0.4, -0.2) is 5.78 Å². The number of allylic oxidation sites excluding steroid dienone is 1. The van der Waals surface area contributed by atoms with Gasteiger partial charge in [-0.3, -0.25) is 4.79 Å². The van der Waals surface area contributed by atoms with Gasteiger partial charge in [0.1, 0.15) is 0 Å². The number of rotatable bonds is 4. The van der Waals surface area contributed by atoms with E-state index < -0.39 is 0 Å². The monoisotopic (exact) mass is 256 g/mol. The topological polar surface area (TPSA) is 17.1 Å². The molecule has 0 aliphatic carbocycles. The van der Waals surface area contributed by atoms with Crippen molar-refractivity contribution in [1.82, 2.24) is 0 Å². The summed E-state index contributed by atoms with van der Waals surface area (Å²) in [5.74, 6) is 0.167. The maximum atomic E-state index is 11.7. The second-order valence-electron chi connectivity index (χ2n) is 4.23. The molecule has 0 spiro atoms. The summed E-state index contributed by atoms with van der Waals surface area (Å²) in [6.45, 7) is 3.96. The van der Waals surface area contributed by atoms with Gasteiger partial charge in [0.2, 0.25) is 0 Å². The molecule has 18 heavy (non-hydrogen) atoms. The molecule has 0 N–H and O–H groups in total. The zero-order valence-corrected chi connectivity index (χ0v) is 11.5. The Morgan fingerprint density at radius 1 is 1.28 bits per heavy atom. The van der Waals surface area contributed by atoms with E-state index in [2.05, 4.69) is 18.4 Å². The number of thiophene rings is 1. The molecule has 1 aromatic carbocycles. The lowest BCUT2D eigenvalue weighted by atomic mass is 10.0. The van der Waals surface area contributed by atoms with E-state index in [1.165, 1.54) is 5.56 Å². The maximum absolute atomic E-state index is 11.7. The molecular formula is C16H16OS. The molecule has 0 atom stereocenters. The predicted molar refractivity (Wildman–Crippen MR) is 77.9 cm³/mol. The summed E-state index contributed by atoms with van der Waals surface area (Å²) in [7, 11) is 0. The van der Waals surface area contributed by atoms with Crippen LogP contribution in [0.15, 0.2) is 47.9 Å². The molecule has 92 valence electrons. The van der Waals surface area contributed by atoms with E-state index in [0.29, 0.717) is 6.42 Å². The Balaban J connectivity index is 2.48. The molecule has 0 radical (unpaired) electrons. The molecule has 1 heterocycles. The third-order valence-electron chi connectivity index (χ3n) is 2.73. The smallest absolute Gasteiger partial charge is 0.156 e. The highest BCUT2D eigenvalue weighted by molar-refractivity contribution is 7.11. The van der Waals surface area contributed by atoms with E-state index in [0.717, 1.165) is 16.0 Å². The zero-order chi connectivity index (χ0) is 13.0. The number of benzene rings is 1.